The maximum Gasteiger partial charge on any atom is 0.416 e. The summed E-state index contributed by atoms with van der Waals surface area (Å²) in [4.78, 5) is 51.7. The zero-order chi connectivity index (χ0) is 27.6. The number of halogens is 4. The predicted octanol–water partition coefficient (Wildman–Crippen LogP) is 4.70. The second-order valence-electron chi connectivity index (χ2n) is 8.08. The van der Waals surface area contributed by atoms with Crippen LogP contribution in [0.1, 0.15) is 26.3 Å². The fourth-order valence-corrected chi connectivity index (χ4v) is 4.31. The summed E-state index contributed by atoms with van der Waals surface area (Å²) >= 11 is 3.31. The van der Waals surface area contributed by atoms with Crippen LogP contribution in [0.2, 0.25) is 0 Å². The largest absolute Gasteiger partial charge is 0.452 e. The lowest BCUT2D eigenvalue weighted by Crippen LogP contribution is -2.21. The van der Waals surface area contributed by atoms with Crippen molar-refractivity contribution in [2.24, 2.45) is 7.05 Å². The van der Waals surface area contributed by atoms with Gasteiger partial charge in [0.1, 0.15) is 0 Å². The fraction of sp³-hybridized carbons (Fsp3) is 0.120. The van der Waals surface area contributed by atoms with E-state index in [1.807, 2.05) is 0 Å². The van der Waals surface area contributed by atoms with Crippen LogP contribution in [-0.4, -0.2) is 33.9 Å². The molecular weight excluding hydrogens is 573 g/mol. The highest BCUT2D eigenvalue weighted by molar-refractivity contribution is 9.10. The van der Waals surface area contributed by atoms with Crippen LogP contribution in [0.3, 0.4) is 0 Å². The number of amides is 2. The molecule has 1 aromatic heterocycles. The average molecular weight is 591 g/mol. The summed E-state index contributed by atoms with van der Waals surface area (Å²) in [6.45, 7) is -0.638. The quantitative estimate of drug-likeness (QED) is 0.281. The number of aromatic nitrogens is 2. The Kier molecular flexibility index (Phi) is 7.39. The highest BCUT2D eigenvalue weighted by atomic mass is 79.9. The Labute approximate surface area is 220 Å². The van der Waals surface area contributed by atoms with Gasteiger partial charge in [-0.15, -0.1) is 0 Å². The van der Waals surface area contributed by atoms with Crippen molar-refractivity contribution >= 4 is 56.1 Å². The molecule has 0 unspecified atom stereocenters. The number of nitrogens with one attached hydrogen (secondary N) is 3. The molecule has 9 nitrogen and oxygen atoms in total. The zero-order valence-electron chi connectivity index (χ0n) is 19.5. The second kappa shape index (κ2) is 10.5. The van der Waals surface area contributed by atoms with E-state index in [0.29, 0.717) is 15.5 Å². The van der Waals surface area contributed by atoms with Gasteiger partial charge in [-0.3, -0.25) is 14.2 Å². The molecule has 0 radical (unpaired) electrons. The third kappa shape index (κ3) is 5.94. The summed E-state index contributed by atoms with van der Waals surface area (Å²) < 4.78 is 45.6. The molecule has 0 fully saturated rings. The molecule has 0 aliphatic rings. The Morgan fingerprint density at radius 2 is 1.66 bits per heavy atom. The Balaban J connectivity index is 1.37. The minimum atomic E-state index is -4.56. The fourth-order valence-electron chi connectivity index (χ4n) is 3.58. The van der Waals surface area contributed by atoms with Crippen LogP contribution in [0.4, 0.5) is 24.5 Å². The third-order valence-electron chi connectivity index (χ3n) is 5.37. The van der Waals surface area contributed by atoms with Crippen molar-refractivity contribution in [1.29, 1.82) is 0 Å². The molecule has 3 aromatic carbocycles. The highest BCUT2D eigenvalue weighted by Crippen LogP contribution is 2.31. The van der Waals surface area contributed by atoms with Crippen molar-refractivity contribution in [3.63, 3.8) is 0 Å². The summed E-state index contributed by atoms with van der Waals surface area (Å²) in [5.74, 6) is -2.18. The number of aryl methyl sites for hydroxylation is 1. The molecule has 0 aliphatic heterocycles. The van der Waals surface area contributed by atoms with Gasteiger partial charge in [-0.2, -0.15) is 13.2 Å². The number of carbonyl (C=O) groups is 3. The van der Waals surface area contributed by atoms with E-state index < -0.39 is 36.1 Å². The molecule has 38 heavy (non-hydrogen) atoms. The van der Waals surface area contributed by atoms with Crippen molar-refractivity contribution in [3.05, 3.63) is 92.3 Å². The topological polar surface area (TPSA) is 122 Å². The zero-order valence-corrected chi connectivity index (χ0v) is 21.1. The number of hydrogen-bond acceptors (Lipinski definition) is 5. The first-order chi connectivity index (χ1) is 17.9. The third-order valence-corrected chi connectivity index (χ3v) is 5.98. The number of benzene rings is 3. The number of nitrogens with zero attached hydrogens (tertiary/aromatic N) is 1. The monoisotopic (exact) mass is 590 g/mol. The average Bonchev–Trinajstić information content (AvgIpc) is 3.15. The van der Waals surface area contributed by atoms with Crippen molar-refractivity contribution < 1.29 is 32.3 Å². The van der Waals surface area contributed by atoms with E-state index in [0.717, 1.165) is 12.1 Å². The van der Waals surface area contributed by atoms with Gasteiger partial charge in [0.2, 0.25) is 0 Å². The van der Waals surface area contributed by atoms with E-state index in [9.17, 15) is 32.3 Å². The minimum absolute atomic E-state index is 0.0458. The molecule has 0 saturated carbocycles. The molecule has 13 heteroatoms. The lowest BCUT2D eigenvalue weighted by Gasteiger charge is -2.11. The van der Waals surface area contributed by atoms with E-state index in [2.05, 4.69) is 31.5 Å². The van der Waals surface area contributed by atoms with Crippen LogP contribution < -0.4 is 16.3 Å². The van der Waals surface area contributed by atoms with Gasteiger partial charge >= 0.3 is 17.8 Å². The van der Waals surface area contributed by atoms with Gasteiger partial charge in [-0.25, -0.2) is 9.59 Å². The van der Waals surface area contributed by atoms with Crippen molar-refractivity contribution in [3.8, 4) is 0 Å². The molecule has 0 atom stereocenters. The molecule has 0 saturated heterocycles. The maximum atomic E-state index is 12.9. The molecule has 0 spiro atoms. The normalized spacial score (nSPS) is 11.3. The molecule has 0 bridgehead atoms. The first-order valence-corrected chi connectivity index (χ1v) is 11.7. The number of esters is 1. The van der Waals surface area contributed by atoms with Gasteiger partial charge in [-0.05, 0) is 64.5 Å². The number of anilines is 2. The number of H-pyrrole nitrogens is 1. The van der Waals surface area contributed by atoms with Gasteiger partial charge in [0.05, 0.1) is 22.2 Å². The maximum absolute atomic E-state index is 12.9. The van der Waals surface area contributed by atoms with E-state index in [1.165, 1.54) is 53.1 Å². The second-order valence-corrected chi connectivity index (χ2v) is 8.94. The minimum Gasteiger partial charge on any atom is -0.452 e. The summed E-state index contributed by atoms with van der Waals surface area (Å²) in [5, 5.41) is 4.87. The molecule has 2 amide bonds. The lowest BCUT2D eigenvalue weighted by molar-refractivity contribution is -0.137. The van der Waals surface area contributed by atoms with Gasteiger partial charge in [0.25, 0.3) is 11.8 Å². The Morgan fingerprint density at radius 3 is 2.37 bits per heavy atom. The van der Waals surface area contributed by atoms with Gasteiger partial charge in [0.15, 0.2) is 6.61 Å². The van der Waals surface area contributed by atoms with E-state index in [4.69, 9.17) is 4.74 Å². The van der Waals surface area contributed by atoms with Crippen LogP contribution >= 0.6 is 15.9 Å². The molecule has 3 N–H and O–H groups in total. The summed E-state index contributed by atoms with van der Waals surface area (Å²) in [6, 6.07) is 12.8. The predicted molar refractivity (Wildman–Crippen MR) is 136 cm³/mol. The first kappa shape index (κ1) is 26.7. The molecule has 1 heterocycles. The first-order valence-electron chi connectivity index (χ1n) is 10.9. The van der Waals surface area contributed by atoms with Crippen LogP contribution in [0.5, 0.6) is 0 Å². The number of rotatable bonds is 6. The van der Waals surface area contributed by atoms with Crippen molar-refractivity contribution in [1.82, 2.24) is 9.55 Å². The summed E-state index contributed by atoms with van der Waals surface area (Å²) in [6.07, 6.45) is -4.56. The highest BCUT2D eigenvalue weighted by Gasteiger charge is 2.30. The van der Waals surface area contributed by atoms with Gasteiger partial charge in [-0.1, -0.05) is 12.1 Å². The molecular formula is C25H18BrF3N4O5. The van der Waals surface area contributed by atoms with E-state index >= 15 is 0 Å². The van der Waals surface area contributed by atoms with Crippen LogP contribution in [0.25, 0.3) is 11.0 Å². The van der Waals surface area contributed by atoms with Gasteiger partial charge < -0.3 is 20.4 Å². The van der Waals surface area contributed by atoms with E-state index in [1.54, 1.807) is 7.05 Å². The lowest BCUT2D eigenvalue weighted by atomic mass is 10.1. The molecule has 4 rings (SSSR count). The number of aromatic amines is 1. The standard InChI is InChI=1S/C25H18BrF3N4O5/c1-33-21-18(26)9-14(10-19(21)32-24(33)37)23(36)38-12-20(34)30-16-6-2-4-13(8-16)22(35)31-17-7-3-5-15(11-17)25(27,28)29/h2-11H,12H2,1H3,(H,30,34)(H,31,35)(H,32,37). The number of fused-ring (bicyclic) bond motifs is 1. The van der Waals surface area contributed by atoms with Crippen LogP contribution in [0.15, 0.2) is 69.9 Å². The molecule has 4 aromatic rings. The van der Waals surface area contributed by atoms with Crippen molar-refractivity contribution in [2.45, 2.75) is 6.18 Å². The Morgan fingerprint density at radius 1 is 0.974 bits per heavy atom. The number of hydrogen-bond donors (Lipinski definition) is 3. The van der Waals surface area contributed by atoms with Crippen LogP contribution in [0, 0.1) is 0 Å². The van der Waals surface area contributed by atoms with E-state index in [-0.39, 0.29) is 28.2 Å². The molecule has 196 valence electrons. The van der Waals surface area contributed by atoms with Gasteiger partial charge in [0, 0.05) is 28.5 Å². The van der Waals surface area contributed by atoms with Crippen LogP contribution in [-0.2, 0) is 22.8 Å². The SMILES string of the molecule is Cn1c(=O)[nH]c2cc(C(=O)OCC(=O)Nc3cccc(C(=O)Nc4cccc(C(F)(F)F)c4)c3)cc(Br)c21. The smallest absolute Gasteiger partial charge is 0.416 e. The summed E-state index contributed by atoms with van der Waals surface area (Å²) in [7, 11) is 1.57. The number of alkyl halides is 3. The Hall–Kier alpha value is -4.39. The summed E-state index contributed by atoms with van der Waals surface area (Å²) in [5.41, 5.74) is 0.0279. The Bertz CT molecular complexity index is 1630. The number of carbonyl (C=O) groups excluding carboxylic acids is 3. The van der Waals surface area contributed by atoms with Crippen molar-refractivity contribution in [2.75, 3.05) is 17.2 Å². The number of ether oxygens (including phenoxy) is 1. The molecule has 0 aliphatic carbocycles. The number of imidazole rings is 1.